The Bertz CT molecular complexity index is 984. The van der Waals surface area contributed by atoms with E-state index in [0.717, 1.165) is 16.7 Å². The number of anilines is 1. The topological polar surface area (TPSA) is 114 Å². The number of hydrogen-bond acceptors (Lipinski definition) is 5. The average Bonchev–Trinajstić information content (AvgIpc) is 2.70. The molecule has 0 saturated heterocycles. The maximum absolute atomic E-state index is 12.1. The smallest absolute Gasteiger partial charge is 0.411 e. The molecular weight excluding hydrogens is 424 g/mol. The maximum Gasteiger partial charge on any atom is 0.411 e. The first-order chi connectivity index (χ1) is 15.4. The Balaban J connectivity index is 2.09. The van der Waals surface area contributed by atoms with Crippen molar-refractivity contribution < 1.29 is 29.0 Å². The summed E-state index contributed by atoms with van der Waals surface area (Å²) >= 11 is 0. The molecule has 3 N–H and O–H groups in total. The molecule has 0 aromatic heterocycles. The van der Waals surface area contributed by atoms with Gasteiger partial charge in [-0.05, 0) is 56.5 Å². The molecular formula is C25H32N2O6. The molecule has 1 unspecified atom stereocenters. The Hall–Kier alpha value is -3.55. The lowest BCUT2D eigenvalue weighted by molar-refractivity contribution is -0.138. The lowest BCUT2D eigenvalue weighted by atomic mass is 9.77. The molecule has 33 heavy (non-hydrogen) atoms. The molecule has 2 rings (SSSR count). The molecule has 0 fully saturated rings. The molecule has 1 atom stereocenters. The summed E-state index contributed by atoms with van der Waals surface area (Å²) in [5.74, 6) is -0.991. The van der Waals surface area contributed by atoms with Crippen LogP contribution in [0.25, 0.3) is 0 Å². The van der Waals surface area contributed by atoms with Crippen molar-refractivity contribution in [1.82, 2.24) is 5.32 Å². The molecule has 2 aromatic rings. The van der Waals surface area contributed by atoms with E-state index in [1.54, 1.807) is 45.9 Å². The summed E-state index contributed by atoms with van der Waals surface area (Å²) in [4.78, 5) is 35.8. The highest BCUT2D eigenvalue weighted by atomic mass is 16.6. The van der Waals surface area contributed by atoms with Gasteiger partial charge in [-0.1, -0.05) is 43.3 Å². The maximum atomic E-state index is 12.1. The van der Waals surface area contributed by atoms with E-state index in [1.807, 2.05) is 37.3 Å². The number of carboxylic acid groups (broad SMARTS) is 1. The number of carboxylic acids is 1. The normalized spacial score (nSPS) is 12.9. The van der Waals surface area contributed by atoms with Gasteiger partial charge in [0.05, 0.1) is 6.42 Å². The van der Waals surface area contributed by atoms with Crippen molar-refractivity contribution in [3.63, 3.8) is 0 Å². The predicted octanol–water partition coefficient (Wildman–Crippen LogP) is 5.00. The van der Waals surface area contributed by atoms with Gasteiger partial charge in [0.1, 0.15) is 12.2 Å². The number of alkyl carbamates (subject to hydrolysis) is 1. The number of hydrogen-bond donors (Lipinski definition) is 3. The summed E-state index contributed by atoms with van der Waals surface area (Å²) in [7, 11) is 0. The van der Waals surface area contributed by atoms with E-state index < -0.39 is 29.2 Å². The molecule has 0 bridgehead atoms. The monoisotopic (exact) mass is 456 g/mol. The molecule has 2 aromatic carbocycles. The molecule has 0 saturated carbocycles. The SMILES string of the molecule is Cc1cc(NC(=O)OCc2ccccc2)ccc1C(C)(CNC(=O)OC(C)(C)C)CC(=O)O. The summed E-state index contributed by atoms with van der Waals surface area (Å²) in [6.07, 6.45) is -1.41. The van der Waals surface area contributed by atoms with Crippen LogP contribution in [0.3, 0.4) is 0 Å². The minimum Gasteiger partial charge on any atom is -0.481 e. The van der Waals surface area contributed by atoms with Crippen LogP contribution in [-0.2, 0) is 26.3 Å². The summed E-state index contributed by atoms with van der Waals surface area (Å²) in [5, 5.41) is 14.8. The number of ether oxygens (including phenoxy) is 2. The number of carbonyl (C=O) groups is 3. The largest absolute Gasteiger partial charge is 0.481 e. The second-order valence-corrected chi connectivity index (χ2v) is 9.20. The van der Waals surface area contributed by atoms with Crippen LogP contribution >= 0.6 is 0 Å². The Morgan fingerprint density at radius 1 is 0.970 bits per heavy atom. The zero-order valence-electron chi connectivity index (χ0n) is 19.7. The molecule has 0 aliphatic heterocycles. The molecule has 0 heterocycles. The highest BCUT2D eigenvalue weighted by Gasteiger charge is 2.32. The minimum absolute atomic E-state index is 0.0704. The van der Waals surface area contributed by atoms with E-state index in [2.05, 4.69) is 10.6 Å². The van der Waals surface area contributed by atoms with Gasteiger partial charge in [0.25, 0.3) is 0 Å². The van der Waals surface area contributed by atoms with E-state index in [0.29, 0.717) is 5.69 Å². The van der Waals surface area contributed by atoms with Gasteiger partial charge in [0, 0.05) is 17.6 Å². The molecule has 0 radical (unpaired) electrons. The van der Waals surface area contributed by atoms with Gasteiger partial charge < -0.3 is 19.9 Å². The van der Waals surface area contributed by atoms with Gasteiger partial charge in [-0.3, -0.25) is 10.1 Å². The highest BCUT2D eigenvalue weighted by Crippen LogP contribution is 2.31. The first-order valence-electron chi connectivity index (χ1n) is 10.7. The van der Waals surface area contributed by atoms with Gasteiger partial charge in [-0.2, -0.15) is 0 Å². The van der Waals surface area contributed by atoms with Gasteiger partial charge in [-0.15, -0.1) is 0 Å². The fourth-order valence-corrected chi connectivity index (χ4v) is 3.46. The van der Waals surface area contributed by atoms with Crippen molar-refractivity contribution in [3.05, 3.63) is 65.2 Å². The minimum atomic E-state index is -0.991. The lowest BCUT2D eigenvalue weighted by Crippen LogP contribution is -2.42. The van der Waals surface area contributed by atoms with Crippen molar-refractivity contribution in [2.24, 2.45) is 0 Å². The van der Waals surface area contributed by atoms with Gasteiger partial charge >= 0.3 is 18.2 Å². The number of benzene rings is 2. The first-order valence-corrected chi connectivity index (χ1v) is 10.7. The van der Waals surface area contributed by atoms with E-state index in [1.165, 1.54) is 0 Å². The van der Waals surface area contributed by atoms with Crippen molar-refractivity contribution in [2.45, 2.75) is 58.7 Å². The molecule has 178 valence electrons. The third-order valence-electron chi connectivity index (χ3n) is 4.90. The Morgan fingerprint density at radius 3 is 2.21 bits per heavy atom. The van der Waals surface area contributed by atoms with Crippen molar-refractivity contribution in [2.75, 3.05) is 11.9 Å². The molecule has 8 nitrogen and oxygen atoms in total. The number of carbonyl (C=O) groups excluding carboxylic acids is 2. The third kappa shape index (κ3) is 8.48. The number of rotatable bonds is 8. The molecule has 0 aliphatic rings. The predicted molar refractivity (Wildman–Crippen MR) is 125 cm³/mol. The summed E-state index contributed by atoms with van der Waals surface area (Å²) < 4.78 is 10.5. The molecule has 0 spiro atoms. The van der Waals surface area contributed by atoms with Gasteiger partial charge in [-0.25, -0.2) is 9.59 Å². The van der Waals surface area contributed by atoms with Crippen LogP contribution < -0.4 is 10.6 Å². The number of aryl methyl sites for hydroxylation is 1. The van der Waals surface area contributed by atoms with Gasteiger partial charge in [0.15, 0.2) is 0 Å². The van der Waals surface area contributed by atoms with Crippen LogP contribution in [0.1, 0.15) is 50.8 Å². The third-order valence-corrected chi connectivity index (χ3v) is 4.90. The summed E-state index contributed by atoms with van der Waals surface area (Å²) in [6, 6.07) is 14.5. The molecule has 0 aliphatic carbocycles. The fourth-order valence-electron chi connectivity index (χ4n) is 3.46. The quantitative estimate of drug-likeness (QED) is 0.515. The number of nitrogens with one attached hydrogen (secondary N) is 2. The number of amides is 2. The zero-order chi connectivity index (χ0) is 24.6. The Morgan fingerprint density at radius 2 is 1.64 bits per heavy atom. The molecule has 8 heteroatoms. The van der Waals surface area contributed by atoms with Crippen LogP contribution in [0.15, 0.2) is 48.5 Å². The van der Waals surface area contributed by atoms with Crippen molar-refractivity contribution in [3.8, 4) is 0 Å². The van der Waals surface area contributed by atoms with Crippen molar-refractivity contribution >= 4 is 23.8 Å². The van der Waals surface area contributed by atoms with Crippen LogP contribution in [0.4, 0.5) is 15.3 Å². The van der Waals surface area contributed by atoms with E-state index in [9.17, 15) is 19.5 Å². The Labute approximate surface area is 194 Å². The van der Waals surface area contributed by atoms with E-state index in [-0.39, 0.29) is 19.6 Å². The second kappa shape index (κ2) is 10.8. The zero-order valence-corrected chi connectivity index (χ0v) is 19.7. The van der Waals surface area contributed by atoms with Crippen LogP contribution in [0, 0.1) is 6.92 Å². The number of aliphatic carboxylic acids is 1. The average molecular weight is 457 g/mol. The Kier molecular flexibility index (Phi) is 8.45. The first kappa shape index (κ1) is 25.7. The summed E-state index contributed by atoms with van der Waals surface area (Å²) in [6.45, 7) is 9.07. The molecule has 2 amide bonds. The van der Waals surface area contributed by atoms with Crippen LogP contribution in [0.5, 0.6) is 0 Å². The van der Waals surface area contributed by atoms with Crippen molar-refractivity contribution in [1.29, 1.82) is 0 Å². The lowest BCUT2D eigenvalue weighted by Gasteiger charge is -2.31. The highest BCUT2D eigenvalue weighted by molar-refractivity contribution is 5.84. The van der Waals surface area contributed by atoms with E-state index >= 15 is 0 Å². The van der Waals surface area contributed by atoms with Gasteiger partial charge in [0.2, 0.25) is 0 Å². The standard InChI is InChI=1S/C25H32N2O6/c1-17-13-19(27-23(31)32-15-18-9-7-6-8-10-18)11-12-20(17)25(5,14-21(28)29)16-26-22(30)33-24(2,3)4/h6-13H,14-16H2,1-5H3,(H,26,30)(H,27,31)(H,28,29). The van der Waals surface area contributed by atoms with Crippen LogP contribution in [0.2, 0.25) is 0 Å². The summed E-state index contributed by atoms with van der Waals surface area (Å²) in [5.41, 5.74) is 1.35. The van der Waals surface area contributed by atoms with E-state index in [4.69, 9.17) is 9.47 Å². The fraction of sp³-hybridized carbons (Fsp3) is 0.400. The second-order valence-electron chi connectivity index (χ2n) is 9.20. The van der Waals surface area contributed by atoms with Crippen LogP contribution in [-0.4, -0.2) is 35.4 Å².